The van der Waals surface area contributed by atoms with Gasteiger partial charge in [0.2, 0.25) is 5.91 Å². The lowest BCUT2D eigenvalue weighted by Crippen LogP contribution is -2.43. The van der Waals surface area contributed by atoms with Crippen LogP contribution in [0.4, 0.5) is 0 Å². The maximum absolute atomic E-state index is 12.8. The van der Waals surface area contributed by atoms with E-state index in [2.05, 4.69) is 10.3 Å². The molecule has 28 heavy (non-hydrogen) atoms. The Morgan fingerprint density at radius 1 is 1.25 bits per heavy atom. The average Bonchev–Trinajstić information content (AvgIpc) is 2.74. The molecule has 1 aromatic carbocycles. The van der Waals surface area contributed by atoms with E-state index in [1.165, 1.54) is 13.4 Å². The molecule has 0 radical (unpaired) electrons. The fourth-order valence-corrected chi connectivity index (χ4v) is 3.62. The van der Waals surface area contributed by atoms with Gasteiger partial charge in [-0.3, -0.25) is 14.2 Å². The lowest BCUT2D eigenvalue weighted by molar-refractivity contribution is -0.132. The highest BCUT2D eigenvalue weighted by Crippen LogP contribution is 2.29. The standard InChI is InChI=1S/C20H28N4O4/c1-23(14-6-8-21-9-7-14)19(25)5-4-10-24-13-22-16-12-18(28-3)17(27-2)11-15(16)20(24)26/h11-14,21H,4-10H2,1-3H3. The molecule has 1 N–H and O–H groups in total. The molecule has 8 nitrogen and oxygen atoms in total. The molecule has 1 aliphatic rings. The summed E-state index contributed by atoms with van der Waals surface area (Å²) in [6.07, 6.45) is 4.51. The molecule has 2 heterocycles. The third-order valence-electron chi connectivity index (χ3n) is 5.37. The number of nitrogens with one attached hydrogen (secondary N) is 1. The van der Waals surface area contributed by atoms with Crippen LogP contribution in [0.2, 0.25) is 0 Å². The number of fused-ring (bicyclic) bond motifs is 1. The molecule has 3 rings (SSSR count). The number of nitrogens with zero attached hydrogens (tertiary/aromatic N) is 3. The van der Waals surface area contributed by atoms with E-state index in [0.29, 0.717) is 47.8 Å². The summed E-state index contributed by atoms with van der Waals surface area (Å²) in [5.41, 5.74) is 0.408. The summed E-state index contributed by atoms with van der Waals surface area (Å²) in [7, 11) is 4.95. The number of ether oxygens (including phenoxy) is 2. The van der Waals surface area contributed by atoms with Gasteiger partial charge in [-0.1, -0.05) is 0 Å². The average molecular weight is 388 g/mol. The first-order chi connectivity index (χ1) is 13.5. The van der Waals surface area contributed by atoms with Crippen molar-refractivity contribution in [3.05, 3.63) is 28.8 Å². The first-order valence-electron chi connectivity index (χ1n) is 9.62. The number of hydrogen-bond donors (Lipinski definition) is 1. The Balaban J connectivity index is 1.66. The number of benzene rings is 1. The SMILES string of the molecule is COc1cc2ncn(CCCC(=O)N(C)C3CCNCC3)c(=O)c2cc1OC. The number of carbonyl (C=O) groups excluding carboxylic acids is 1. The summed E-state index contributed by atoms with van der Waals surface area (Å²) in [6, 6.07) is 3.65. The molecule has 2 aromatic rings. The number of aryl methyl sites for hydroxylation is 1. The smallest absolute Gasteiger partial charge is 0.261 e. The lowest BCUT2D eigenvalue weighted by Gasteiger charge is -2.31. The molecule has 1 aliphatic heterocycles. The molecule has 0 bridgehead atoms. The van der Waals surface area contributed by atoms with Crippen LogP contribution in [0, 0.1) is 0 Å². The third kappa shape index (κ3) is 4.27. The largest absolute Gasteiger partial charge is 0.493 e. The second-order valence-corrected chi connectivity index (χ2v) is 7.06. The second-order valence-electron chi connectivity index (χ2n) is 7.06. The first kappa shape index (κ1) is 20.1. The minimum absolute atomic E-state index is 0.125. The van der Waals surface area contributed by atoms with Crippen molar-refractivity contribution in [2.45, 2.75) is 38.3 Å². The Labute approximate surface area is 164 Å². The summed E-state index contributed by atoms with van der Waals surface area (Å²) >= 11 is 0. The first-order valence-corrected chi connectivity index (χ1v) is 9.62. The van der Waals surface area contributed by atoms with E-state index >= 15 is 0 Å². The van der Waals surface area contributed by atoms with Crippen molar-refractivity contribution < 1.29 is 14.3 Å². The topological polar surface area (TPSA) is 85.7 Å². The van der Waals surface area contributed by atoms with Crippen molar-refractivity contribution in [3.63, 3.8) is 0 Å². The zero-order valence-corrected chi connectivity index (χ0v) is 16.7. The number of piperidine rings is 1. The highest BCUT2D eigenvalue weighted by atomic mass is 16.5. The van der Waals surface area contributed by atoms with E-state index < -0.39 is 0 Å². The van der Waals surface area contributed by atoms with Crippen molar-refractivity contribution in [2.24, 2.45) is 0 Å². The number of methoxy groups -OCH3 is 2. The summed E-state index contributed by atoms with van der Waals surface area (Å²) in [6.45, 7) is 2.35. The fourth-order valence-electron chi connectivity index (χ4n) is 3.62. The molecule has 0 atom stereocenters. The van der Waals surface area contributed by atoms with Crippen LogP contribution in [0.5, 0.6) is 11.5 Å². The van der Waals surface area contributed by atoms with Crippen LogP contribution < -0.4 is 20.3 Å². The molecule has 152 valence electrons. The number of aromatic nitrogens is 2. The van der Waals surface area contributed by atoms with E-state index in [1.807, 2.05) is 11.9 Å². The van der Waals surface area contributed by atoms with Crippen LogP contribution in [-0.2, 0) is 11.3 Å². The maximum Gasteiger partial charge on any atom is 0.261 e. The van der Waals surface area contributed by atoms with Crippen molar-refractivity contribution in [3.8, 4) is 11.5 Å². The van der Waals surface area contributed by atoms with Gasteiger partial charge in [-0.15, -0.1) is 0 Å². The summed E-state index contributed by atoms with van der Waals surface area (Å²) < 4.78 is 12.1. The van der Waals surface area contributed by atoms with Crippen molar-refractivity contribution in [1.82, 2.24) is 19.8 Å². The van der Waals surface area contributed by atoms with Crippen LogP contribution in [0.25, 0.3) is 10.9 Å². The Kier molecular flexibility index (Phi) is 6.51. The van der Waals surface area contributed by atoms with Gasteiger partial charge in [0.15, 0.2) is 11.5 Å². The molecule has 0 spiro atoms. The molecule has 1 amide bonds. The highest BCUT2D eigenvalue weighted by molar-refractivity contribution is 5.81. The molecule has 0 saturated carbocycles. The molecule has 0 aliphatic carbocycles. The zero-order valence-electron chi connectivity index (χ0n) is 16.7. The number of amides is 1. The van der Waals surface area contributed by atoms with Crippen LogP contribution in [0.1, 0.15) is 25.7 Å². The second kappa shape index (κ2) is 9.05. The zero-order chi connectivity index (χ0) is 20.1. The summed E-state index contributed by atoms with van der Waals surface area (Å²) in [5, 5.41) is 3.78. The highest BCUT2D eigenvalue weighted by Gasteiger charge is 2.21. The Hall–Kier alpha value is -2.61. The summed E-state index contributed by atoms with van der Waals surface area (Å²) in [5.74, 6) is 1.15. The van der Waals surface area contributed by atoms with Crippen molar-refractivity contribution in [2.75, 3.05) is 34.4 Å². The number of hydrogen-bond acceptors (Lipinski definition) is 6. The van der Waals surface area contributed by atoms with Gasteiger partial charge in [0.05, 0.1) is 31.4 Å². The van der Waals surface area contributed by atoms with E-state index in [0.717, 1.165) is 25.9 Å². The quantitative estimate of drug-likeness (QED) is 0.772. The van der Waals surface area contributed by atoms with Gasteiger partial charge in [0.25, 0.3) is 5.56 Å². The molecule has 1 aromatic heterocycles. The Morgan fingerprint density at radius 3 is 2.61 bits per heavy atom. The minimum atomic E-state index is -0.148. The van der Waals surface area contributed by atoms with Gasteiger partial charge in [0.1, 0.15) is 0 Å². The molecule has 1 saturated heterocycles. The van der Waals surface area contributed by atoms with Gasteiger partial charge in [-0.2, -0.15) is 0 Å². The van der Waals surface area contributed by atoms with Crippen molar-refractivity contribution in [1.29, 1.82) is 0 Å². The molecule has 0 unspecified atom stereocenters. The van der Waals surface area contributed by atoms with Crippen LogP contribution in [0.15, 0.2) is 23.3 Å². The van der Waals surface area contributed by atoms with E-state index in [1.54, 1.807) is 23.8 Å². The molecular weight excluding hydrogens is 360 g/mol. The van der Waals surface area contributed by atoms with Gasteiger partial charge >= 0.3 is 0 Å². The Bertz CT molecular complexity index is 890. The number of rotatable bonds is 7. The molecule has 1 fully saturated rings. The summed E-state index contributed by atoms with van der Waals surface area (Å²) in [4.78, 5) is 31.5. The monoisotopic (exact) mass is 388 g/mol. The fraction of sp³-hybridized carbons (Fsp3) is 0.550. The molecule has 8 heteroatoms. The Morgan fingerprint density at radius 2 is 1.93 bits per heavy atom. The molecular formula is C20H28N4O4. The van der Waals surface area contributed by atoms with Crippen LogP contribution in [-0.4, -0.2) is 60.8 Å². The van der Waals surface area contributed by atoms with Crippen LogP contribution >= 0.6 is 0 Å². The van der Waals surface area contributed by atoms with Crippen molar-refractivity contribution >= 4 is 16.8 Å². The van der Waals surface area contributed by atoms with Gasteiger partial charge < -0.3 is 19.7 Å². The van der Waals surface area contributed by atoms with Gasteiger partial charge in [0, 0.05) is 32.1 Å². The minimum Gasteiger partial charge on any atom is -0.493 e. The van der Waals surface area contributed by atoms with E-state index in [4.69, 9.17) is 9.47 Å². The normalized spacial score (nSPS) is 14.8. The maximum atomic E-state index is 12.8. The predicted octanol–water partition coefficient (Wildman–Crippen LogP) is 1.40. The van der Waals surface area contributed by atoms with Gasteiger partial charge in [-0.05, 0) is 38.4 Å². The van der Waals surface area contributed by atoms with E-state index in [-0.39, 0.29) is 11.5 Å². The van der Waals surface area contributed by atoms with Gasteiger partial charge in [-0.25, -0.2) is 4.98 Å². The lowest BCUT2D eigenvalue weighted by atomic mass is 10.0. The predicted molar refractivity (Wildman–Crippen MR) is 107 cm³/mol. The third-order valence-corrected chi connectivity index (χ3v) is 5.37. The van der Waals surface area contributed by atoms with E-state index in [9.17, 15) is 9.59 Å². The number of carbonyl (C=O) groups is 1. The van der Waals surface area contributed by atoms with Crippen LogP contribution in [0.3, 0.4) is 0 Å².